The molecule has 5 rings (SSSR count). The van der Waals surface area contributed by atoms with E-state index in [-0.39, 0.29) is 29.7 Å². The zero-order valence-corrected chi connectivity index (χ0v) is 24.0. The summed E-state index contributed by atoms with van der Waals surface area (Å²) in [5, 5.41) is 20.6. The molecule has 2 aromatic heterocycles. The number of aliphatic hydroxyl groups excluding tert-OH is 2. The van der Waals surface area contributed by atoms with Crippen molar-refractivity contribution in [3.63, 3.8) is 0 Å². The second kappa shape index (κ2) is 12.5. The molecule has 3 aromatic rings. The number of nitrogens with zero attached hydrogens (tertiary/aromatic N) is 2. The van der Waals surface area contributed by atoms with Crippen molar-refractivity contribution in [1.29, 1.82) is 0 Å². The van der Waals surface area contributed by atoms with E-state index in [1.807, 2.05) is 0 Å². The van der Waals surface area contributed by atoms with Crippen molar-refractivity contribution in [2.24, 2.45) is 0 Å². The van der Waals surface area contributed by atoms with Gasteiger partial charge in [0.2, 0.25) is 0 Å². The first-order chi connectivity index (χ1) is 20.5. The Labute approximate surface area is 243 Å². The van der Waals surface area contributed by atoms with Crippen LogP contribution in [-0.2, 0) is 23.1 Å². The van der Waals surface area contributed by atoms with Crippen molar-refractivity contribution < 1.29 is 37.8 Å². The lowest BCUT2D eigenvalue weighted by atomic mass is 10.2. The van der Waals surface area contributed by atoms with Crippen molar-refractivity contribution in [3.05, 3.63) is 95.5 Å². The average Bonchev–Trinajstić information content (AvgIpc) is 3.54. The van der Waals surface area contributed by atoms with Crippen LogP contribution in [0.2, 0.25) is 0 Å². The zero-order valence-electron chi connectivity index (χ0n) is 23.2. The third-order valence-electron chi connectivity index (χ3n) is 7.10. The summed E-state index contributed by atoms with van der Waals surface area (Å²) >= 11 is 0. The Bertz CT molecular complexity index is 1730. The maximum Gasteiger partial charge on any atom is 0.530 e. The van der Waals surface area contributed by atoms with Gasteiger partial charge in [-0.05, 0) is 26.0 Å². The SMILES string of the molecule is Cc1cn([C@H]2C[C@H](OP(=O)(OC[C@H]3O[C@@H](n4cc(C)c(=O)[nH]c4=O)C[C@@H]3O)Oc3ccccc3)[C@@H](CO)O2)c(=O)[nH]c1=O. The van der Waals surface area contributed by atoms with Gasteiger partial charge in [-0.3, -0.25) is 37.7 Å². The molecule has 0 aliphatic carbocycles. The van der Waals surface area contributed by atoms with Gasteiger partial charge in [-0.1, -0.05) is 18.2 Å². The van der Waals surface area contributed by atoms with E-state index in [2.05, 4.69) is 9.97 Å². The molecule has 43 heavy (non-hydrogen) atoms. The molecule has 0 saturated carbocycles. The third-order valence-corrected chi connectivity index (χ3v) is 8.53. The van der Waals surface area contributed by atoms with Gasteiger partial charge in [0.1, 0.15) is 36.5 Å². The lowest BCUT2D eigenvalue weighted by molar-refractivity contribution is -0.0568. The quantitative estimate of drug-likeness (QED) is 0.224. The molecule has 7 atom stereocenters. The summed E-state index contributed by atoms with van der Waals surface area (Å²) in [5.74, 6) is 0.135. The Morgan fingerprint density at radius 2 is 1.47 bits per heavy atom. The number of aliphatic hydroxyl groups is 2. The highest BCUT2D eigenvalue weighted by Crippen LogP contribution is 2.53. The van der Waals surface area contributed by atoms with Crippen molar-refractivity contribution in [2.45, 2.75) is 63.6 Å². The van der Waals surface area contributed by atoms with Crippen LogP contribution in [0.3, 0.4) is 0 Å². The number of aryl methyl sites for hydroxylation is 2. The molecule has 1 unspecified atom stereocenters. The van der Waals surface area contributed by atoms with Gasteiger partial charge in [0.15, 0.2) is 0 Å². The molecular weight excluding hydrogens is 591 g/mol. The molecule has 0 spiro atoms. The number of H-pyrrole nitrogens is 2. The van der Waals surface area contributed by atoms with E-state index < -0.39 is 80.4 Å². The van der Waals surface area contributed by atoms with E-state index in [4.69, 9.17) is 23.0 Å². The Hall–Kier alpha value is -3.63. The summed E-state index contributed by atoms with van der Waals surface area (Å²) in [6.07, 6.45) is -3.73. The number of phosphoric ester groups is 1. The summed E-state index contributed by atoms with van der Waals surface area (Å²) in [4.78, 5) is 52.6. The first-order valence-corrected chi connectivity index (χ1v) is 14.8. The number of nitrogens with one attached hydrogen (secondary N) is 2. The van der Waals surface area contributed by atoms with E-state index in [0.717, 1.165) is 9.13 Å². The highest BCUT2D eigenvalue weighted by molar-refractivity contribution is 7.49. The number of phosphoric acid groups is 1. The summed E-state index contributed by atoms with van der Waals surface area (Å²) < 4.78 is 44.9. The predicted octanol–water partition coefficient (Wildman–Crippen LogP) is 0.221. The number of benzene rings is 1. The van der Waals surface area contributed by atoms with Crippen LogP contribution in [0.15, 0.2) is 61.9 Å². The summed E-state index contributed by atoms with van der Waals surface area (Å²) in [7, 11) is -4.53. The lowest BCUT2D eigenvalue weighted by Crippen LogP contribution is -2.33. The van der Waals surface area contributed by atoms with Crippen molar-refractivity contribution in [2.75, 3.05) is 13.2 Å². The molecule has 1 aromatic carbocycles. The molecule has 4 heterocycles. The fourth-order valence-corrected chi connectivity index (χ4v) is 6.22. The number of rotatable bonds is 10. The van der Waals surface area contributed by atoms with Crippen LogP contribution in [0.25, 0.3) is 0 Å². The number of hydrogen-bond donors (Lipinski definition) is 4. The minimum Gasteiger partial charge on any atom is -0.404 e. The zero-order chi connectivity index (χ0) is 30.9. The van der Waals surface area contributed by atoms with Crippen LogP contribution >= 0.6 is 7.82 Å². The van der Waals surface area contributed by atoms with Gasteiger partial charge in [-0.2, -0.15) is 0 Å². The molecule has 4 N–H and O–H groups in total. The number of ether oxygens (including phenoxy) is 2. The Morgan fingerprint density at radius 3 is 2.05 bits per heavy atom. The highest BCUT2D eigenvalue weighted by atomic mass is 31.2. The monoisotopic (exact) mass is 622 g/mol. The predicted molar refractivity (Wildman–Crippen MR) is 148 cm³/mol. The molecule has 17 heteroatoms. The molecular formula is C26H31N4O12P. The highest BCUT2D eigenvalue weighted by Gasteiger charge is 2.45. The molecule has 2 aliphatic heterocycles. The molecule has 0 bridgehead atoms. The largest absolute Gasteiger partial charge is 0.530 e. The van der Waals surface area contributed by atoms with Crippen LogP contribution in [0.4, 0.5) is 0 Å². The summed E-state index contributed by atoms with van der Waals surface area (Å²) in [6.45, 7) is 1.97. The molecule has 2 aliphatic rings. The van der Waals surface area contributed by atoms with E-state index >= 15 is 0 Å². The molecule has 0 amide bonds. The fraction of sp³-hybridized carbons (Fsp3) is 0.462. The average molecular weight is 623 g/mol. The van der Waals surface area contributed by atoms with Crippen molar-refractivity contribution in [3.8, 4) is 5.75 Å². The van der Waals surface area contributed by atoms with Crippen LogP contribution in [0.1, 0.15) is 36.4 Å². The molecule has 16 nitrogen and oxygen atoms in total. The van der Waals surface area contributed by atoms with Gasteiger partial charge in [0.25, 0.3) is 11.1 Å². The first-order valence-electron chi connectivity index (χ1n) is 13.4. The number of aromatic nitrogens is 4. The Kier molecular flexibility index (Phi) is 8.99. The van der Waals surface area contributed by atoms with Crippen molar-refractivity contribution in [1.82, 2.24) is 19.1 Å². The van der Waals surface area contributed by atoms with Crippen LogP contribution < -0.4 is 27.0 Å². The Balaban J connectivity index is 1.34. The van der Waals surface area contributed by atoms with Gasteiger partial charge >= 0.3 is 19.2 Å². The summed E-state index contributed by atoms with van der Waals surface area (Å²) in [5.41, 5.74) is -2.05. The second-order valence-electron chi connectivity index (χ2n) is 10.2. The molecule has 2 fully saturated rings. The van der Waals surface area contributed by atoms with Crippen LogP contribution in [0.5, 0.6) is 5.75 Å². The minimum atomic E-state index is -4.53. The van der Waals surface area contributed by atoms with E-state index in [1.165, 1.54) is 38.4 Å². The third kappa shape index (κ3) is 6.80. The Morgan fingerprint density at radius 1 is 0.907 bits per heavy atom. The topological polar surface area (TPSA) is 213 Å². The van der Waals surface area contributed by atoms with Crippen molar-refractivity contribution >= 4 is 7.82 Å². The lowest BCUT2D eigenvalue weighted by Gasteiger charge is -2.25. The van der Waals surface area contributed by atoms with E-state index in [1.54, 1.807) is 18.2 Å². The molecule has 232 valence electrons. The first kappa shape index (κ1) is 30.8. The van der Waals surface area contributed by atoms with Gasteiger partial charge in [0, 0.05) is 36.4 Å². The maximum atomic E-state index is 14.0. The second-order valence-corrected chi connectivity index (χ2v) is 11.8. The number of hydrogen-bond acceptors (Lipinski definition) is 12. The molecule has 0 radical (unpaired) electrons. The van der Waals surface area contributed by atoms with Crippen LogP contribution in [-0.4, -0.2) is 66.9 Å². The van der Waals surface area contributed by atoms with Gasteiger partial charge < -0.3 is 24.2 Å². The molecule has 2 saturated heterocycles. The van der Waals surface area contributed by atoms with Gasteiger partial charge in [-0.25, -0.2) is 14.2 Å². The standard InChI is InChI=1S/C26H31N4O12P/c1-14-10-29(25(35)27-23(14)33)21-8-17(32)20(40-21)13-38-43(37,41-16-6-4-3-5-7-16)42-18-9-22(39-19(18)12-31)30-11-15(2)24(34)28-26(30)36/h3-7,10-11,17-22,31-32H,8-9,12-13H2,1-2H3,(H,27,33,35)(H,28,34,36)/t17-,18-,19+,20+,21+,22+,43?/m0/s1. The van der Waals surface area contributed by atoms with Crippen LogP contribution in [0, 0.1) is 13.8 Å². The number of aromatic amines is 2. The smallest absolute Gasteiger partial charge is 0.404 e. The number of para-hydroxylation sites is 1. The summed E-state index contributed by atoms with van der Waals surface area (Å²) in [6, 6.07) is 8.01. The fourth-order valence-electron chi connectivity index (χ4n) is 4.80. The van der Waals surface area contributed by atoms with E-state index in [9.17, 15) is 34.0 Å². The minimum absolute atomic E-state index is 0.0256. The van der Waals surface area contributed by atoms with Gasteiger partial charge in [0.05, 0.1) is 19.3 Å². The maximum absolute atomic E-state index is 14.0. The normalized spacial score (nSPS) is 26.8. The van der Waals surface area contributed by atoms with Gasteiger partial charge in [-0.15, -0.1) is 0 Å². The van der Waals surface area contributed by atoms with E-state index in [0.29, 0.717) is 0 Å².